The number of hydrogen-bond acceptors (Lipinski definition) is 3. The fraction of sp³-hybridized carbons (Fsp3) is 0.667. The number of carbonyl (C=O) groups excluding carboxylic acids is 1. The number of aliphatic hydroxyl groups is 1. The maximum Gasteiger partial charge on any atom is 0.223 e. The van der Waals surface area contributed by atoms with Crippen molar-refractivity contribution in [2.75, 3.05) is 19.6 Å². The first-order valence-corrected chi connectivity index (χ1v) is 9.86. The standard InChI is InChI=1S/C21H30N2O2/c1-3-13(2)10-23-11-18-16-6-4-5-7-17(16)20(19(18)12-23)22-21(25)14-8-15(24)9-14/h4-7,13-15,18-20,24H,3,8-12H2,1-2H3,(H,22,25)/t13-,14?,15?,18-,19-,20+/m0/s1. The van der Waals surface area contributed by atoms with Crippen molar-refractivity contribution in [3.8, 4) is 0 Å². The van der Waals surface area contributed by atoms with Crippen molar-refractivity contribution in [2.24, 2.45) is 17.8 Å². The summed E-state index contributed by atoms with van der Waals surface area (Å²) in [5.41, 5.74) is 2.74. The first kappa shape index (κ1) is 17.0. The van der Waals surface area contributed by atoms with Crippen molar-refractivity contribution in [2.45, 2.75) is 51.2 Å². The number of nitrogens with one attached hydrogen (secondary N) is 1. The summed E-state index contributed by atoms with van der Waals surface area (Å²) in [6.07, 6.45) is 2.17. The van der Waals surface area contributed by atoms with Crippen molar-refractivity contribution in [1.82, 2.24) is 10.2 Å². The number of benzene rings is 1. The van der Waals surface area contributed by atoms with Gasteiger partial charge in [0.25, 0.3) is 0 Å². The molecule has 2 aliphatic carbocycles. The van der Waals surface area contributed by atoms with Gasteiger partial charge in [0.2, 0.25) is 5.91 Å². The van der Waals surface area contributed by atoms with Gasteiger partial charge in [0.05, 0.1) is 12.1 Å². The zero-order valence-corrected chi connectivity index (χ0v) is 15.3. The Hall–Kier alpha value is -1.39. The zero-order valence-electron chi connectivity index (χ0n) is 15.3. The van der Waals surface area contributed by atoms with Gasteiger partial charge in [-0.3, -0.25) is 4.79 Å². The lowest BCUT2D eigenvalue weighted by Gasteiger charge is -2.32. The van der Waals surface area contributed by atoms with E-state index >= 15 is 0 Å². The predicted octanol–water partition coefficient (Wildman–Crippen LogP) is 2.69. The summed E-state index contributed by atoms with van der Waals surface area (Å²) < 4.78 is 0. The minimum atomic E-state index is -0.281. The molecule has 136 valence electrons. The first-order valence-electron chi connectivity index (χ1n) is 9.86. The van der Waals surface area contributed by atoms with E-state index in [4.69, 9.17) is 0 Å². The molecule has 1 aromatic carbocycles. The van der Waals surface area contributed by atoms with Crippen LogP contribution in [0.15, 0.2) is 24.3 Å². The number of nitrogens with zero attached hydrogens (tertiary/aromatic N) is 1. The van der Waals surface area contributed by atoms with Crippen LogP contribution in [0.5, 0.6) is 0 Å². The van der Waals surface area contributed by atoms with Gasteiger partial charge >= 0.3 is 0 Å². The van der Waals surface area contributed by atoms with E-state index in [1.807, 2.05) is 0 Å². The molecule has 4 nitrogen and oxygen atoms in total. The fourth-order valence-electron chi connectivity index (χ4n) is 4.92. The molecule has 0 aromatic heterocycles. The van der Waals surface area contributed by atoms with E-state index in [1.165, 1.54) is 17.5 Å². The second-order valence-electron chi connectivity index (χ2n) is 8.44. The van der Waals surface area contributed by atoms with Crippen LogP contribution in [0, 0.1) is 17.8 Å². The summed E-state index contributed by atoms with van der Waals surface area (Å²) in [7, 11) is 0. The van der Waals surface area contributed by atoms with E-state index in [2.05, 4.69) is 48.3 Å². The van der Waals surface area contributed by atoms with E-state index in [9.17, 15) is 9.90 Å². The van der Waals surface area contributed by atoms with Crippen molar-refractivity contribution < 1.29 is 9.90 Å². The lowest BCUT2D eigenvalue weighted by molar-refractivity contribution is -0.132. The molecule has 1 amide bonds. The zero-order chi connectivity index (χ0) is 17.6. The molecule has 4 rings (SSSR count). The van der Waals surface area contributed by atoms with Crippen LogP contribution in [0.3, 0.4) is 0 Å². The number of rotatable bonds is 5. The van der Waals surface area contributed by atoms with E-state index in [0.717, 1.165) is 25.6 Å². The molecule has 1 saturated heterocycles. The normalized spacial score (nSPS) is 34.9. The second-order valence-corrected chi connectivity index (χ2v) is 8.44. The van der Waals surface area contributed by atoms with Crippen molar-refractivity contribution in [1.29, 1.82) is 0 Å². The number of likely N-dealkylation sites (tertiary alicyclic amines) is 1. The number of fused-ring (bicyclic) bond motifs is 3. The molecule has 2 N–H and O–H groups in total. The minimum absolute atomic E-state index is 0.00108. The Morgan fingerprint density at radius 3 is 2.68 bits per heavy atom. The molecule has 3 aliphatic rings. The molecule has 0 spiro atoms. The van der Waals surface area contributed by atoms with E-state index in [0.29, 0.717) is 24.7 Å². The maximum atomic E-state index is 12.6. The molecule has 1 heterocycles. The molecule has 25 heavy (non-hydrogen) atoms. The van der Waals surface area contributed by atoms with Gasteiger partial charge in [-0.1, -0.05) is 44.5 Å². The summed E-state index contributed by atoms with van der Waals surface area (Å²) in [6, 6.07) is 8.78. The molecule has 0 unspecified atom stereocenters. The highest BCUT2D eigenvalue weighted by molar-refractivity contribution is 5.80. The molecule has 1 saturated carbocycles. The summed E-state index contributed by atoms with van der Waals surface area (Å²) in [5, 5.41) is 12.8. The molecule has 0 radical (unpaired) electrons. The SMILES string of the molecule is CC[C@H](C)CN1C[C@@H]2[C@H](NC(=O)C3CC(O)C3)c3ccccc3[C@@H]2C1. The predicted molar refractivity (Wildman–Crippen MR) is 98.2 cm³/mol. The third kappa shape index (κ3) is 3.11. The highest BCUT2D eigenvalue weighted by Crippen LogP contribution is 2.49. The fourth-order valence-corrected chi connectivity index (χ4v) is 4.92. The highest BCUT2D eigenvalue weighted by Gasteiger charge is 2.47. The van der Waals surface area contributed by atoms with Crippen molar-refractivity contribution >= 4 is 5.91 Å². The molecule has 1 aliphatic heterocycles. The number of amides is 1. The van der Waals surface area contributed by atoms with E-state index < -0.39 is 0 Å². The highest BCUT2D eigenvalue weighted by atomic mass is 16.3. The average molecular weight is 342 g/mol. The Bertz CT molecular complexity index is 641. The Kier molecular flexibility index (Phi) is 4.59. The Labute approximate surface area is 150 Å². The third-order valence-corrected chi connectivity index (χ3v) is 6.65. The van der Waals surface area contributed by atoms with Crippen molar-refractivity contribution in [3.05, 3.63) is 35.4 Å². The molecular weight excluding hydrogens is 312 g/mol. The second kappa shape index (κ2) is 6.73. The molecule has 0 bridgehead atoms. The van der Waals surface area contributed by atoms with Crippen LogP contribution in [-0.2, 0) is 4.79 Å². The van der Waals surface area contributed by atoms with Gasteiger partial charge in [0, 0.05) is 37.4 Å². The third-order valence-electron chi connectivity index (χ3n) is 6.65. The van der Waals surface area contributed by atoms with Crippen LogP contribution in [0.1, 0.15) is 56.2 Å². The molecule has 4 heteroatoms. The van der Waals surface area contributed by atoms with Crippen LogP contribution >= 0.6 is 0 Å². The maximum absolute atomic E-state index is 12.6. The lowest BCUT2D eigenvalue weighted by atomic mass is 9.81. The molecule has 4 atom stereocenters. The van der Waals surface area contributed by atoms with Crippen LogP contribution < -0.4 is 5.32 Å². The van der Waals surface area contributed by atoms with Gasteiger partial charge in [0.15, 0.2) is 0 Å². The minimum Gasteiger partial charge on any atom is -0.393 e. The Morgan fingerprint density at radius 2 is 2.00 bits per heavy atom. The number of hydrogen-bond donors (Lipinski definition) is 2. The first-order chi connectivity index (χ1) is 12.1. The van der Waals surface area contributed by atoms with Gasteiger partial charge in [-0.15, -0.1) is 0 Å². The van der Waals surface area contributed by atoms with E-state index in [1.54, 1.807) is 0 Å². The van der Waals surface area contributed by atoms with Gasteiger partial charge in [-0.2, -0.15) is 0 Å². The largest absolute Gasteiger partial charge is 0.393 e. The van der Waals surface area contributed by atoms with Crippen LogP contribution in [0.2, 0.25) is 0 Å². The monoisotopic (exact) mass is 342 g/mol. The molecular formula is C21H30N2O2. The van der Waals surface area contributed by atoms with Gasteiger partial charge in [-0.05, 0) is 29.9 Å². The smallest absolute Gasteiger partial charge is 0.223 e. The molecule has 1 aromatic rings. The summed E-state index contributed by atoms with van der Waals surface area (Å²) in [4.78, 5) is 15.2. The van der Waals surface area contributed by atoms with Gasteiger partial charge in [0.1, 0.15) is 0 Å². The summed E-state index contributed by atoms with van der Waals surface area (Å²) >= 11 is 0. The van der Waals surface area contributed by atoms with Gasteiger partial charge < -0.3 is 15.3 Å². The quantitative estimate of drug-likeness (QED) is 0.865. The summed E-state index contributed by atoms with van der Waals surface area (Å²) in [6.45, 7) is 7.92. The van der Waals surface area contributed by atoms with Crippen LogP contribution in [0.25, 0.3) is 0 Å². The van der Waals surface area contributed by atoms with Crippen LogP contribution in [0.4, 0.5) is 0 Å². The topological polar surface area (TPSA) is 52.6 Å². The lowest BCUT2D eigenvalue weighted by Crippen LogP contribution is -2.43. The summed E-state index contributed by atoms with van der Waals surface area (Å²) in [5.74, 6) is 1.87. The Balaban J connectivity index is 1.51. The number of aliphatic hydroxyl groups excluding tert-OH is 1. The Morgan fingerprint density at radius 1 is 1.28 bits per heavy atom. The molecule has 2 fully saturated rings. The number of carbonyl (C=O) groups is 1. The average Bonchev–Trinajstić information content (AvgIpc) is 3.10. The van der Waals surface area contributed by atoms with Crippen molar-refractivity contribution in [3.63, 3.8) is 0 Å². The van der Waals surface area contributed by atoms with Gasteiger partial charge in [-0.25, -0.2) is 0 Å². The van der Waals surface area contributed by atoms with E-state index in [-0.39, 0.29) is 24.0 Å². The van der Waals surface area contributed by atoms with Crippen LogP contribution in [-0.4, -0.2) is 41.7 Å².